The molecule has 0 saturated carbocycles. The summed E-state index contributed by atoms with van der Waals surface area (Å²) in [6.07, 6.45) is 0.893. The van der Waals surface area contributed by atoms with Gasteiger partial charge in [0, 0.05) is 39.4 Å². The van der Waals surface area contributed by atoms with Gasteiger partial charge in [-0.3, -0.25) is 4.99 Å². The Morgan fingerprint density at radius 3 is 2.68 bits per heavy atom. The molecule has 0 radical (unpaired) electrons. The van der Waals surface area contributed by atoms with Crippen LogP contribution in [-0.4, -0.2) is 49.3 Å². The maximum Gasteiger partial charge on any atom is 0.422 e. The number of aromatic nitrogens is 1. The standard InChI is InChI=1S/C16H23F3N4O.HI/c1-4-5-6-9-23(3)15(20-2)22-11-13-7-8-14(21-10-13)24-12-16(17,18)19;/h4,7-8,10H,1,5-6,9,11-12H2,2-3H3,(H,20,22);1H. The Hall–Kier alpha value is -1.52. The third kappa shape index (κ3) is 10.1. The summed E-state index contributed by atoms with van der Waals surface area (Å²) in [7, 11) is 3.63. The van der Waals surface area contributed by atoms with Crippen molar-refractivity contribution in [2.75, 3.05) is 27.2 Å². The van der Waals surface area contributed by atoms with Crippen LogP contribution in [-0.2, 0) is 6.54 Å². The molecule has 1 aromatic rings. The SMILES string of the molecule is C=CCCCN(C)C(=NC)NCc1ccc(OCC(F)(F)F)nc1.I. The van der Waals surface area contributed by atoms with Crippen LogP contribution in [0, 0.1) is 0 Å². The highest BCUT2D eigenvalue weighted by Crippen LogP contribution is 2.17. The summed E-state index contributed by atoms with van der Waals surface area (Å²) in [4.78, 5) is 10.1. The summed E-state index contributed by atoms with van der Waals surface area (Å²) in [6.45, 7) is 3.65. The smallest absolute Gasteiger partial charge is 0.422 e. The molecule has 0 bridgehead atoms. The van der Waals surface area contributed by atoms with Crippen molar-refractivity contribution < 1.29 is 17.9 Å². The minimum atomic E-state index is -4.37. The van der Waals surface area contributed by atoms with Crippen LogP contribution in [0.5, 0.6) is 5.88 Å². The van der Waals surface area contributed by atoms with Gasteiger partial charge in [0.25, 0.3) is 0 Å². The van der Waals surface area contributed by atoms with Crippen molar-refractivity contribution in [3.63, 3.8) is 0 Å². The molecule has 0 saturated heterocycles. The normalized spacial score (nSPS) is 11.5. The van der Waals surface area contributed by atoms with E-state index < -0.39 is 12.8 Å². The largest absolute Gasteiger partial charge is 0.468 e. The number of halogens is 4. The fourth-order valence-corrected chi connectivity index (χ4v) is 1.90. The number of unbranched alkanes of at least 4 members (excludes halogenated alkanes) is 1. The molecule has 0 amide bonds. The molecule has 0 aliphatic rings. The average molecular weight is 472 g/mol. The van der Waals surface area contributed by atoms with Crippen LogP contribution in [0.25, 0.3) is 0 Å². The van der Waals surface area contributed by atoms with Gasteiger partial charge in [-0.2, -0.15) is 13.2 Å². The lowest BCUT2D eigenvalue weighted by Crippen LogP contribution is -2.38. The number of alkyl halides is 3. The molecule has 1 heterocycles. The van der Waals surface area contributed by atoms with Crippen molar-refractivity contribution in [1.82, 2.24) is 15.2 Å². The highest BCUT2D eigenvalue weighted by Gasteiger charge is 2.28. The Bertz CT molecular complexity index is 535. The number of aliphatic imine (C=N–C) groups is 1. The van der Waals surface area contributed by atoms with E-state index in [1.807, 2.05) is 18.0 Å². The molecule has 9 heteroatoms. The van der Waals surface area contributed by atoms with Crippen LogP contribution >= 0.6 is 24.0 Å². The summed E-state index contributed by atoms with van der Waals surface area (Å²) in [5, 5.41) is 3.18. The fourth-order valence-electron chi connectivity index (χ4n) is 1.90. The van der Waals surface area contributed by atoms with Gasteiger partial charge in [-0.1, -0.05) is 12.1 Å². The summed E-state index contributed by atoms with van der Waals surface area (Å²) in [6, 6.07) is 3.08. The molecule has 0 fully saturated rings. The summed E-state index contributed by atoms with van der Waals surface area (Å²) in [5.74, 6) is 0.679. The minimum absolute atomic E-state index is 0. The Morgan fingerprint density at radius 1 is 1.44 bits per heavy atom. The summed E-state index contributed by atoms with van der Waals surface area (Å²) >= 11 is 0. The zero-order valence-electron chi connectivity index (χ0n) is 14.3. The van der Waals surface area contributed by atoms with E-state index in [-0.39, 0.29) is 29.9 Å². The van der Waals surface area contributed by atoms with E-state index in [9.17, 15) is 13.2 Å². The van der Waals surface area contributed by atoms with Crippen molar-refractivity contribution in [3.05, 3.63) is 36.5 Å². The van der Waals surface area contributed by atoms with E-state index in [4.69, 9.17) is 0 Å². The van der Waals surface area contributed by atoms with E-state index in [1.165, 1.54) is 12.3 Å². The number of hydrogen-bond acceptors (Lipinski definition) is 3. The first kappa shape index (κ1) is 23.5. The van der Waals surface area contributed by atoms with Gasteiger partial charge in [0.1, 0.15) is 0 Å². The molecule has 25 heavy (non-hydrogen) atoms. The number of hydrogen-bond donors (Lipinski definition) is 1. The van der Waals surface area contributed by atoms with Gasteiger partial charge in [0.05, 0.1) is 0 Å². The number of nitrogens with one attached hydrogen (secondary N) is 1. The van der Waals surface area contributed by atoms with Crippen molar-refractivity contribution in [3.8, 4) is 5.88 Å². The van der Waals surface area contributed by atoms with Crippen LogP contribution in [0.1, 0.15) is 18.4 Å². The molecule has 1 rings (SSSR count). The second-order valence-electron chi connectivity index (χ2n) is 5.16. The maximum atomic E-state index is 12.1. The lowest BCUT2D eigenvalue weighted by Gasteiger charge is -2.21. The topological polar surface area (TPSA) is 49.8 Å². The zero-order valence-corrected chi connectivity index (χ0v) is 16.7. The predicted molar refractivity (Wildman–Crippen MR) is 103 cm³/mol. The van der Waals surface area contributed by atoms with Gasteiger partial charge in [-0.25, -0.2) is 4.98 Å². The molecule has 1 aromatic heterocycles. The first-order valence-corrected chi connectivity index (χ1v) is 7.53. The van der Waals surface area contributed by atoms with E-state index in [1.54, 1.807) is 13.1 Å². The molecular weight excluding hydrogens is 448 g/mol. The van der Waals surface area contributed by atoms with Crippen LogP contribution in [0.15, 0.2) is 36.0 Å². The van der Waals surface area contributed by atoms with Gasteiger partial charge >= 0.3 is 6.18 Å². The van der Waals surface area contributed by atoms with Crippen LogP contribution in [0.3, 0.4) is 0 Å². The fraction of sp³-hybridized carbons (Fsp3) is 0.500. The molecule has 0 aromatic carbocycles. The van der Waals surface area contributed by atoms with Gasteiger partial charge < -0.3 is 15.0 Å². The van der Waals surface area contributed by atoms with E-state index in [2.05, 4.69) is 26.6 Å². The van der Waals surface area contributed by atoms with Gasteiger partial charge in [0.2, 0.25) is 5.88 Å². The monoisotopic (exact) mass is 472 g/mol. The third-order valence-electron chi connectivity index (χ3n) is 3.11. The van der Waals surface area contributed by atoms with Gasteiger partial charge in [0.15, 0.2) is 12.6 Å². The Morgan fingerprint density at radius 2 is 2.16 bits per heavy atom. The van der Waals surface area contributed by atoms with Crippen LogP contribution in [0.2, 0.25) is 0 Å². The minimum Gasteiger partial charge on any atom is -0.468 e. The van der Waals surface area contributed by atoms with Gasteiger partial charge in [-0.15, -0.1) is 30.6 Å². The summed E-state index contributed by atoms with van der Waals surface area (Å²) in [5.41, 5.74) is 0.815. The second kappa shape index (κ2) is 11.9. The number of guanidine groups is 1. The van der Waals surface area contributed by atoms with E-state index >= 15 is 0 Å². The van der Waals surface area contributed by atoms with Gasteiger partial charge in [-0.05, 0) is 18.4 Å². The summed E-state index contributed by atoms with van der Waals surface area (Å²) < 4.78 is 40.8. The molecular formula is C16H24F3IN4O. The lowest BCUT2D eigenvalue weighted by atomic mass is 10.3. The van der Waals surface area contributed by atoms with Crippen molar-refractivity contribution >= 4 is 29.9 Å². The molecule has 0 spiro atoms. The first-order valence-electron chi connectivity index (χ1n) is 7.53. The van der Waals surface area contributed by atoms with Crippen LogP contribution in [0.4, 0.5) is 13.2 Å². The number of pyridine rings is 1. The highest BCUT2D eigenvalue weighted by molar-refractivity contribution is 14.0. The Kier molecular flexibility index (Phi) is 11.2. The van der Waals surface area contributed by atoms with Crippen molar-refractivity contribution in [2.45, 2.75) is 25.6 Å². The molecule has 5 nitrogen and oxygen atoms in total. The van der Waals surface area contributed by atoms with E-state index in [0.29, 0.717) is 6.54 Å². The molecule has 0 unspecified atom stereocenters. The van der Waals surface area contributed by atoms with Crippen molar-refractivity contribution in [2.24, 2.45) is 4.99 Å². The average Bonchev–Trinajstić information content (AvgIpc) is 2.54. The lowest BCUT2D eigenvalue weighted by molar-refractivity contribution is -0.154. The first-order chi connectivity index (χ1) is 11.4. The Labute approximate surface area is 163 Å². The Balaban J connectivity index is 0.00000576. The number of rotatable bonds is 8. The quantitative estimate of drug-likeness (QED) is 0.207. The number of allylic oxidation sites excluding steroid dienone is 1. The highest BCUT2D eigenvalue weighted by atomic mass is 127. The molecule has 0 aliphatic carbocycles. The number of ether oxygens (including phenoxy) is 1. The van der Waals surface area contributed by atoms with Crippen LogP contribution < -0.4 is 10.1 Å². The maximum absolute atomic E-state index is 12.1. The van der Waals surface area contributed by atoms with E-state index in [0.717, 1.165) is 30.9 Å². The predicted octanol–water partition coefficient (Wildman–Crippen LogP) is 3.61. The molecule has 0 aliphatic heterocycles. The third-order valence-corrected chi connectivity index (χ3v) is 3.11. The molecule has 142 valence electrons. The zero-order chi connectivity index (χ0) is 18.0. The van der Waals surface area contributed by atoms with Crippen molar-refractivity contribution in [1.29, 1.82) is 0 Å². The number of nitrogens with zero attached hydrogens (tertiary/aromatic N) is 3. The molecule has 0 atom stereocenters. The second-order valence-corrected chi connectivity index (χ2v) is 5.16. The molecule has 1 N–H and O–H groups in total.